The second kappa shape index (κ2) is 16.6. The first-order valence-electron chi connectivity index (χ1n) is 20.9. The van der Waals surface area contributed by atoms with E-state index >= 15 is 8.78 Å². The predicted octanol–water partition coefficient (Wildman–Crippen LogP) is 6.21. The zero-order valence-corrected chi connectivity index (χ0v) is 35.6. The van der Waals surface area contributed by atoms with Gasteiger partial charge in [0.1, 0.15) is 24.0 Å². The number of Topliss-reactive ketones (excluding diaryl/α,β-unsaturated/α-hetero) is 1. The van der Waals surface area contributed by atoms with Crippen LogP contribution in [0.25, 0.3) is 11.0 Å². The van der Waals surface area contributed by atoms with Crippen LogP contribution in [-0.4, -0.2) is 96.6 Å². The van der Waals surface area contributed by atoms with Crippen LogP contribution in [0.5, 0.6) is 11.6 Å². The van der Waals surface area contributed by atoms with E-state index in [0.29, 0.717) is 44.3 Å². The number of ether oxygens (including phenoxy) is 3. The van der Waals surface area contributed by atoms with Crippen LogP contribution in [0.1, 0.15) is 97.6 Å². The number of allylic oxidation sites excluding steroid dienone is 1. The maximum absolute atomic E-state index is 16.5. The Bertz CT molecular complexity index is 2200. The summed E-state index contributed by atoms with van der Waals surface area (Å²) in [5, 5.41) is 1.86. The van der Waals surface area contributed by atoms with Crippen LogP contribution in [-0.2, 0) is 35.1 Å². The number of benzene rings is 1. The first-order valence-corrected chi connectivity index (χ1v) is 22.4. The summed E-state index contributed by atoms with van der Waals surface area (Å²) in [4.78, 5) is 66.7. The SMILES string of the molecule is COc1ccc2nc3c(nc2c1)O[C@H]1CN(C(=O)[C@H](C(C)(C)C)NC(=O)O[C@@H]2CC=CC[C@H]2CCCCC3(F)F)[C@H](C(=O)C[C@]2(C(=O)NS(=O)(=O)C3CC3)C[C@H]2C(F)F)[C@@H]1C. The third kappa shape index (κ3) is 9.17. The molecule has 19 heteroatoms. The fraction of sp³-hybridized carbons (Fsp3) is 0.667. The van der Waals surface area contributed by atoms with Crippen LogP contribution >= 0.6 is 0 Å². The van der Waals surface area contributed by atoms with Gasteiger partial charge in [0.15, 0.2) is 11.5 Å². The number of alkyl halides is 4. The third-order valence-corrected chi connectivity index (χ3v) is 14.7. The molecule has 1 aromatic carbocycles. The van der Waals surface area contributed by atoms with Crippen LogP contribution in [0.15, 0.2) is 30.4 Å². The molecule has 3 amide bonds. The zero-order chi connectivity index (χ0) is 44.2. The summed E-state index contributed by atoms with van der Waals surface area (Å²) in [6, 6.07) is 1.70. The summed E-state index contributed by atoms with van der Waals surface area (Å²) in [7, 11) is -2.76. The van der Waals surface area contributed by atoms with Gasteiger partial charge in [-0.2, -0.15) is 8.78 Å². The van der Waals surface area contributed by atoms with Gasteiger partial charge in [-0.15, -0.1) is 0 Å². The molecule has 334 valence electrons. The molecule has 5 aliphatic rings. The van der Waals surface area contributed by atoms with E-state index < -0.39 is 136 Å². The number of carbonyl (C=O) groups excluding carboxylic acids is 4. The lowest BCUT2D eigenvalue weighted by molar-refractivity contribution is -0.143. The van der Waals surface area contributed by atoms with Crippen molar-refractivity contribution in [2.24, 2.45) is 28.6 Å². The van der Waals surface area contributed by atoms with Crippen molar-refractivity contribution in [3.63, 3.8) is 0 Å². The Balaban J connectivity index is 1.30. The molecule has 7 rings (SSSR count). The average Bonchev–Trinajstić information content (AvgIpc) is 4.12. The average molecular weight is 880 g/mol. The molecule has 3 heterocycles. The topological polar surface area (TPSA) is 183 Å². The Labute approximate surface area is 352 Å². The fourth-order valence-corrected chi connectivity index (χ4v) is 10.4. The number of aromatic nitrogens is 2. The second-order valence-corrected chi connectivity index (χ2v) is 20.3. The van der Waals surface area contributed by atoms with Crippen molar-refractivity contribution in [1.82, 2.24) is 24.9 Å². The van der Waals surface area contributed by atoms with Crippen LogP contribution in [0.2, 0.25) is 0 Å². The molecule has 2 aromatic rings. The largest absolute Gasteiger partial charge is 0.497 e. The molecule has 2 aliphatic heterocycles. The molecule has 1 saturated heterocycles. The Kier molecular flexibility index (Phi) is 12.1. The minimum Gasteiger partial charge on any atom is -0.497 e. The minimum atomic E-state index is -4.18. The van der Waals surface area contributed by atoms with Gasteiger partial charge < -0.3 is 24.4 Å². The quantitative estimate of drug-likeness (QED) is 0.227. The van der Waals surface area contributed by atoms with E-state index in [9.17, 15) is 36.4 Å². The van der Waals surface area contributed by atoms with Crippen LogP contribution in [0.3, 0.4) is 0 Å². The molecule has 3 fully saturated rings. The lowest BCUT2D eigenvalue weighted by atomic mass is 9.84. The molecule has 1 aromatic heterocycles. The summed E-state index contributed by atoms with van der Waals surface area (Å²) in [6.07, 6.45) is -1.52. The summed E-state index contributed by atoms with van der Waals surface area (Å²) in [5.41, 5.74) is -3.56. The molecular weight excluding hydrogens is 827 g/mol. The molecule has 0 unspecified atom stereocenters. The number of fused-ring (bicyclic) bond motifs is 5. The van der Waals surface area contributed by atoms with Gasteiger partial charge >= 0.3 is 6.09 Å². The standard InChI is InChI=1S/C42H53F4N5O9S/c1-22-31-21-51(32(22)29(52)20-41(19-26(41)35(43)44)38(54)50-61(56,57)25-14-15-25)37(53)34(40(2,3)4)49-39(55)60-30-12-7-6-10-23(30)11-8-9-17-42(45,46)33-36(59-31)48-28-18-24(58-5)13-16-27(28)47-33/h6-7,13,16,18,22-23,25-26,30-32,34-35H,8-12,14-15,17,19-21H2,1-5H3,(H,49,55)(H,50,54)/t22-,23+,26+,30-,31+,32+,34-,41-/m1/s1. The van der Waals surface area contributed by atoms with Crippen LogP contribution in [0.4, 0.5) is 22.4 Å². The highest BCUT2D eigenvalue weighted by molar-refractivity contribution is 7.90. The van der Waals surface area contributed by atoms with E-state index in [2.05, 4.69) is 15.3 Å². The second-order valence-electron chi connectivity index (χ2n) is 18.3. The summed E-state index contributed by atoms with van der Waals surface area (Å²) >= 11 is 0. The smallest absolute Gasteiger partial charge is 0.408 e. The number of hydrogen-bond acceptors (Lipinski definition) is 11. The number of amides is 3. The number of ketones is 1. The van der Waals surface area contributed by atoms with E-state index in [4.69, 9.17) is 14.2 Å². The summed E-state index contributed by atoms with van der Waals surface area (Å²) in [6.45, 7) is 6.16. The Morgan fingerprint density at radius 3 is 2.41 bits per heavy atom. The molecule has 2 saturated carbocycles. The molecule has 8 atom stereocenters. The zero-order valence-electron chi connectivity index (χ0n) is 34.8. The number of halogens is 4. The van der Waals surface area contributed by atoms with E-state index in [1.165, 1.54) is 26.2 Å². The Morgan fingerprint density at radius 2 is 1.75 bits per heavy atom. The number of nitrogens with one attached hydrogen (secondary N) is 2. The van der Waals surface area contributed by atoms with E-state index in [1.54, 1.807) is 26.8 Å². The third-order valence-electron chi connectivity index (χ3n) is 12.9. The normalized spacial score (nSPS) is 30.9. The molecule has 2 N–H and O–H groups in total. The van der Waals surface area contributed by atoms with Gasteiger partial charge in [-0.25, -0.2) is 32.0 Å². The number of hydrogen-bond donors (Lipinski definition) is 2. The van der Waals surface area contributed by atoms with Crippen molar-refractivity contribution in [2.75, 3.05) is 13.7 Å². The molecule has 61 heavy (non-hydrogen) atoms. The molecule has 3 aliphatic carbocycles. The fourth-order valence-electron chi connectivity index (χ4n) is 8.99. The number of methoxy groups -OCH3 is 1. The maximum Gasteiger partial charge on any atom is 0.408 e. The van der Waals surface area contributed by atoms with Crippen molar-refractivity contribution in [3.05, 3.63) is 36.0 Å². The number of rotatable bonds is 8. The number of sulfonamides is 1. The van der Waals surface area contributed by atoms with Gasteiger partial charge in [-0.05, 0) is 62.0 Å². The summed E-state index contributed by atoms with van der Waals surface area (Å²) < 4.78 is 107. The van der Waals surface area contributed by atoms with Gasteiger partial charge in [0.2, 0.25) is 34.1 Å². The maximum atomic E-state index is 16.5. The van der Waals surface area contributed by atoms with Gasteiger partial charge in [-0.3, -0.25) is 19.1 Å². The van der Waals surface area contributed by atoms with Gasteiger partial charge in [0.05, 0.1) is 41.4 Å². The van der Waals surface area contributed by atoms with E-state index in [-0.39, 0.29) is 23.4 Å². The molecule has 0 spiro atoms. The van der Waals surface area contributed by atoms with E-state index in [1.807, 2.05) is 16.9 Å². The molecule has 0 radical (unpaired) electrons. The van der Waals surface area contributed by atoms with E-state index in [0.717, 1.165) is 4.90 Å². The number of nitrogens with zero attached hydrogens (tertiary/aromatic N) is 3. The van der Waals surface area contributed by atoms with Crippen molar-refractivity contribution in [3.8, 4) is 11.6 Å². The Hall–Kier alpha value is -4.55. The lowest BCUT2D eigenvalue weighted by Crippen LogP contribution is -2.58. The lowest BCUT2D eigenvalue weighted by Gasteiger charge is -2.36. The molecular formula is C42H53F4N5O9S. The van der Waals surface area contributed by atoms with Crippen molar-refractivity contribution >= 4 is 44.7 Å². The highest BCUT2D eigenvalue weighted by Gasteiger charge is 2.66. The highest BCUT2D eigenvalue weighted by Crippen LogP contribution is 2.59. The van der Waals surface area contributed by atoms with Gasteiger partial charge in [0, 0.05) is 37.2 Å². The van der Waals surface area contributed by atoms with Gasteiger partial charge in [-0.1, -0.05) is 46.3 Å². The van der Waals surface area contributed by atoms with Crippen molar-refractivity contribution in [2.45, 2.75) is 134 Å². The van der Waals surface area contributed by atoms with Gasteiger partial charge in [0.25, 0.3) is 5.92 Å². The first kappa shape index (κ1) is 44.5. The van der Waals surface area contributed by atoms with Crippen LogP contribution in [0, 0.1) is 28.6 Å². The highest BCUT2D eigenvalue weighted by atomic mass is 32.2. The molecule has 14 nitrogen and oxygen atoms in total. The first-order chi connectivity index (χ1) is 28.6. The monoisotopic (exact) mass is 879 g/mol. The van der Waals surface area contributed by atoms with Crippen molar-refractivity contribution < 1.29 is 59.4 Å². The minimum absolute atomic E-state index is 0.0789. The molecule has 2 bridgehead atoms. The predicted molar refractivity (Wildman–Crippen MR) is 212 cm³/mol. The number of carbonyl (C=O) groups is 4. The number of alkyl carbamates (subject to hydrolysis) is 1. The summed E-state index contributed by atoms with van der Waals surface area (Å²) in [5.74, 6) is -9.48. The van der Waals surface area contributed by atoms with Crippen molar-refractivity contribution in [1.29, 1.82) is 0 Å². The van der Waals surface area contributed by atoms with Crippen LogP contribution < -0.4 is 19.5 Å². The Morgan fingerprint density at radius 1 is 1.03 bits per heavy atom.